The Balaban J connectivity index is 2.53. The largest absolute Gasteiger partial charge is 0.347 e. The molecule has 2 heterocycles. The van der Waals surface area contributed by atoms with Crippen LogP contribution in [0.25, 0.3) is 5.65 Å². The minimum absolute atomic E-state index is 0.125. The summed E-state index contributed by atoms with van der Waals surface area (Å²) in [6.07, 6.45) is 3.51. The number of aryl methyl sites for hydroxylation is 2. The lowest BCUT2D eigenvalue weighted by molar-refractivity contribution is 0.0951. The normalized spacial score (nSPS) is 10.5. The van der Waals surface area contributed by atoms with Gasteiger partial charge in [0.05, 0.1) is 5.69 Å². The molecule has 2 aromatic heterocycles. The van der Waals surface area contributed by atoms with E-state index < -0.39 is 0 Å². The number of hydrogen-bond acceptors (Lipinski definition) is 2. The molecule has 0 aliphatic rings. The minimum Gasteiger partial charge on any atom is -0.347 e. The molecule has 0 saturated heterocycles. The van der Waals surface area contributed by atoms with Gasteiger partial charge in [0, 0.05) is 12.7 Å². The Kier molecular flexibility index (Phi) is 2.95. The number of imidazole rings is 1. The second-order valence-corrected chi connectivity index (χ2v) is 3.93. The fraction of sp³-hybridized carbons (Fsp3) is 0.231. The topological polar surface area (TPSA) is 46.4 Å². The Hall–Kier alpha value is -2.10. The van der Waals surface area contributed by atoms with Crippen molar-refractivity contribution in [2.75, 3.05) is 6.54 Å². The van der Waals surface area contributed by atoms with Crippen LogP contribution >= 0.6 is 0 Å². The average molecular weight is 229 g/mol. The van der Waals surface area contributed by atoms with Crippen molar-refractivity contribution in [1.29, 1.82) is 0 Å². The molecule has 0 aliphatic heterocycles. The van der Waals surface area contributed by atoms with E-state index in [1.807, 2.05) is 36.6 Å². The zero-order valence-electron chi connectivity index (χ0n) is 10.0. The van der Waals surface area contributed by atoms with Crippen molar-refractivity contribution in [3.05, 3.63) is 47.9 Å². The fourth-order valence-corrected chi connectivity index (χ4v) is 1.84. The predicted octanol–water partition coefficient (Wildman–Crippen LogP) is 1.87. The second kappa shape index (κ2) is 4.41. The highest BCUT2D eigenvalue weighted by Gasteiger charge is 2.16. The van der Waals surface area contributed by atoms with Gasteiger partial charge >= 0.3 is 0 Å². The summed E-state index contributed by atoms with van der Waals surface area (Å²) >= 11 is 0. The smallest absolute Gasteiger partial charge is 0.270 e. The van der Waals surface area contributed by atoms with Crippen LogP contribution < -0.4 is 5.32 Å². The number of pyridine rings is 1. The van der Waals surface area contributed by atoms with Crippen molar-refractivity contribution < 1.29 is 4.79 Å². The number of aromatic nitrogens is 2. The van der Waals surface area contributed by atoms with Gasteiger partial charge in [-0.1, -0.05) is 12.1 Å². The van der Waals surface area contributed by atoms with Gasteiger partial charge in [0.15, 0.2) is 0 Å². The van der Waals surface area contributed by atoms with Crippen LogP contribution in [-0.4, -0.2) is 21.8 Å². The van der Waals surface area contributed by atoms with E-state index >= 15 is 0 Å². The predicted molar refractivity (Wildman–Crippen MR) is 67.2 cm³/mol. The van der Waals surface area contributed by atoms with E-state index in [9.17, 15) is 4.79 Å². The molecule has 0 fully saturated rings. The van der Waals surface area contributed by atoms with E-state index in [0.717, 1.165) is 16.9 Å². The van der Waals surface area contributed by atoms with Crippen LogP contribution in [0.15, 0.2) is 31.0 Å². The second-order valence-electron chi connectivity index (χ2n) is 3.93. The molecule has 0 unspecified atom stereocenters. The first-order chi connectivity index (χ1) is 8.15. The Labute approximate surface area is 100.0 Å². The number of carbonyl (C=O) groups excluding carboxylic acids is 1. The first kappa shape index (κ1) is 11.4. The maximum absolute atomic E-state index is 12.0. The third kappa shape index (κ3) is 1.93. The van der Waals surface area contributed by atoms with Crippen LogP contribution in [0.3, 0.4) is 0 Å². The van der Waals surface area contributed by atoms with Gasteiger partial charge in [0.1, 0.15) is 11.3 Å². The number of carbonyl (C=O) groups is 1. The van der Waals surface area contributed by atoms with E-state index in [0.29, 0.717) is 12.2 Å². The van der Waals surface area contributed by atoms with Crippen molar-refractivity contribution in [3.8, 4) is 0 Å². The highest BCUT2D eigenvalue weighted by atomic mass is 16.1. The lowest BCUT2D eigenvalue weighted by Gasteiger charge is -2.03. The Morgan fingerprint density at radius 3 is 3.06 bits per heavy atom. The molecule has 2 rings (SSSR count). The van der Waals surface area contributed by atoms with Crippen LogP contribution in [-0.2, 0) is 0 Å². The quantitative estimate of drug-likeness (QED) is 0.817. The van der Waals surface area contributed by atoms with Gasteiger partial charge in [-0.15, -0.1) is 6.58 Å². The molecule has 1 amide bonds. The Morgan fingerprint density at radius 1 is 1.59 bits per heavy atom. The van der Waals surface area contributed by atoms with Crippen molar-refractivity contribution >= 4 is 11.6 Å². The molecule has 0 aromatic carbocycles. The molecular formula is C13H15N3O. The van der Waals surface area contributed by atoms with Crippen LogP contribution in [0.1, 0.15) is 21.7 Å². The van der Waals surface area contributed by atoms with Gasteiger partial charge in [-0.2, -0.15) is 0 Å². The summed E-state index contributed by atoms with van der Waals surface area (Å²) in [6.45, 7) is 7.85. The van der Waals surface area contributed by atoms with Crippen molar-refractivity contribution in [1.82, 2.24) is 14.7 Å². The zero-order chi connectivity index (χ0) is 12.4. The molecule has 0 bridgehead atoms. The Morgan fingerprint density at radius 2 is 2.35 bits per heavy atom. The van der Waals surface area contributed by atoms with Crippen LogP contribution in [0.5, 0.6) is 0 Å². The number of nitrogens with zero attached hydrogens (tertiary/aromatic N) is 2. The molecular weight excluding hydrogens is 214 g/mol. The molecule has 88 valence electrons. The summed E-state index contributed by atoms with van der Waals surface area (Å²) in [4.78, 5) is 16.4. The van der Waals surface area contributed by atoms with Gasteiger partial charge in [-0.05, 0) is 25.5 Å². The molecule has 0 atom stereocenters. The lowest BCUT2D eigenvalue weighted by atomic mass is 10.3. The molecule has 17 heavy (non-hydrogen) atoms. The monoisotopic (exact) mass is 229 g/mol. The summed E-state index contributed by atoms with van der Waals surface area (Å²) in [6, 6.07) is 3.89. The average Bonchev–Trinajstić information content (AvgIpc) is 2.64. The molecule has 4 nitrogen and oxygen atoms in total. The van der Waals surface area contributed by atoms with Crippen LogP contribution in [0.4, 0.5) is 0 Å². The molecule has 2 aromatic rings. The third-order valence-electron chi connectivity index (χ3n) is 2.64. The maximum Gasteiger partial charge on any atom is 0.270 e. The van der Waals surface area contributed by atoms with Gasteiger partial charge in [0.2, 0.25) is 0 Å². The lowest BCUT2D eigenvalue weighted by Crippen LogP contribution is -2.25. The van der Waals surface area contributed by atoms with Gasteiger partial charge in [-0.25, -0.2) is 4.98 Å². The number of fused-ring (bicyclic) bond motifs is 1. The first-order valence-electron chi connectivity index (χ1n) is 5.48. The summed E-state index contributed by atoms with van der Waals surface area (Å²) in [5.74, 6) is -0.125. The molecule has 0 radical (unpaired) electrons. The highest BCUT2D eigenvalue weighted by molar-refractivity contribution is 5.94. The van der Waals surface area contributed by atoms with Crippen LogP contribution in [0.2, 0.25) is 0 Å². The number of amides is 1. The summed E-state index contributed by atoms with van der Waals surface area (Å²) in [5, 5.41) is 2.77. The summed E-state index contributed by atoms with van der Waals surface area (Å²) in [5.41, 5.74) is 3.21. The zero-order valence-corrected chi connectivity index (χ0v) is 10.0. The van der Waals surface area contributed by atoms with Crippen molar-refractivity contribution in [3.63, 3.8) is 0 Å². The maximum atomic E-state index is 12.0. The molecule has 1 N–H and O–H groups in total. The van der Waals surface area contributed by atoms with Crippen molar-refractivity contribution in [2.45, 2.75) is 13.8 Å². The third-order valence-corrected chi connectivity index (χ3v) is 2.64. The van der Waals surface area contributed by atoms with E-state index in [2.05, 4.69) is 16.9 Å². The highest BCUT2D eigenvalue weighted by Crippen LogP contribution is 2.14. The van der Waals surface area contributed by atoms with Gasteiger partial charge in [0.25, 0.3) is 5.91 Å². The molecule has 0 spiro atoms. The van der Waals surface area contributed by atoms with Crippen LogP contribution in [0, 0.1) is 13.8 Å². The SMILES string of the molecule is C=CCNC(=O)c1c(C)nc2c(C)cccn12. The molecule has 0 saturated carbocycles. The van der Waals surface area contributed by atoms with E-state index in [1.165, 1.54) is 0 Å². The number of hydrogen-bond donors (Lipinski definition) is 1. The fourth-order valence-electron chi connectivity index (χ4n) is 1.84. The van der Waals surface area contributed by atoms with Gasteiger partial charge in [-0.3, -0.25) is 9.20 Å². The summed E-state index contributed by atoms with van der Waals surface area (Å²) < 4.78 is 1.82. The Bertz CT molecular complexity index is 584. The molecule has 0 aliphatic carbocycles. The van der Waals surface area contributed by atoms with Gasteiger partial charge < -0.3 is 5.32 Å². The number of rotatable bonds is 3. The van der Waals surface area contributed by atoms with E-state index in [4.69, 9.17) is 0 Å². The van der Waals surface area contributed by atoms with Crippen molar-refractivity contribution in [2.24, 2.45) is 0 Å². The first-order valence-corrected chi connectivity index (χ1v) is 5.48. The van der Waals surface area contributed by atoms with E-state index in [-0.39, 0.29) is 5.91 Å². The minimum atomic E-state index is -0.125. The summed E-state index contributed by atoms with van der Waals surface area (Å²) in [7, 11) is 0. The standard InChI is InChI=1S/C13H15N3O/c1-4-7-14-13(17)11-10(3)15-12-9(2)6-5-8-16(11)12/h4-6,8H,1,7H2,2-3H3,(H,14,17). The van der Waals surface area contributed by atoms with E-state index in [1.54, 1.807) is 6.08 Å². The molecule has 4 heteroatoms. The number of nitrogens with one attached hydrogen (secondary N) is 1.